The molecule has 0 atom stereocenters. The van der Waals surface area contributed by atoms with Crippen molar-refractivity contribution in [2.45, 2.75) is 19.9 Å². The first-order valence-corrected chi connectivity index (χ1v) is 9.68. The van der Waals surface area contributed by atoms with Crippen LogP contribution in [0.25, 0.3) is 22.9 Å². The van der Waals surface area contributed by atoms with E-state index in [1.807, 2.05) is 28.8 Å². The Morgan fingerprint density at radius 1 is 1.00 bits per heavy atom. The minimum atomic E-state index is -0.285. The first-order valence-electron chi connectivity index (χ1n) is 9.68. The van der Waals surface area contributed by atoms with Crippen molar-refractivity contribution in [1.82, 2.24) is 35.0 Å². The summed E-state index contributed by atoms with van der Waals surface area (Å²) in [5.74, 6) is 3.25. The predicted octanol–water partition coefficient (Wildman–Crippen LogP) is 3.12. The fraction of sp³-hybridized carbons (Fsp3) is 0.130. The summed E-state index contributed by atoms with van der Waals surface area (Å²) < 4.78 is 1.95. The Balaban J connectivity index is 1.63. The van der Waals surface area contributed by atoms with E-state index in [9.17, 15) is 4.79 Å². The molecule has 31 heavy (non-hydrogen) atoms. The van der Waals surface area contributed by atoms with Crippen LogP contribution in [0.15, 0.2) is 67.3 Å². The van der Waals surface area contributed by atoms with Crippen molar-refractivity contribution < 1.29 is 4.79 Å². The van der Waals surface area contributed by atoms with Crippen LogP contribution in [0.5, 0.6) is 0 Å². The molecule has 1 N–H and O–H groups in total. The van der Waals surface area contributed by atoms with Crippen molar-refractivity contribution in [2.75, 3.05) is 0 Å². The van der Waals surface area contributed by atoms with Crippen molar-refractivity contribution in [3.8, 4) is 34.9 Å². The van der Waals surface area contributed by atoms with Crippen LogP contribution in [-0.2, 0) is 0 Å². The lowest BCUT2D eigenvalue weighted by molar-refractivity contribution is 0.0973. The van der Waals surface area contributed by atoms with E-state index in [1.54, 1.807) is 43.0 Å². The van der Waals surface area contributed by atoms with E-state index in [2.05, 4.69) is 51.3 Å². The van der Waals surface area contributed by atoms with Gasteiger partial charge in [-0.05, 0) is 44.0 Å². The lowest BCUT2D eigenvalue weighted by Gasteiger charge is -2.10. The molecule has 0 aliphatic carbocycles. The van der Waals surface area contributed by atoms with Crippen LogP contribution in [0.3, 0.4) is 0 Å². The van der Waals surface area contributed by atoms with Crippen LogP contribution < -0.4 is 5.32 Å². The van der Waals surface area contributed by atoms with E-state index in [0.29, 0.717) is 34.2 Å². The topological polar surface area (TPSA) is 98.5 Å². The van der Waals surface area contributed by atoms with Crippen molar-refractivity contribution in [3.05, 3.63) is 78.5 Å². The smallest absolute Gasteiger partial charge is 0.262 e. The number of hydrogen-bond donors (Lipinski definition) is 1. The third-order valence-electron chi connectivity index (χ3n) is 4.44. The molecule has 0 aliphatic heterocycles. The van der Waals surface area contributed by atoms with Gasteiger partial charge < -0.3 is 4.57 Å². The molecule has 1 amide bonds. The normalized spacial score (nSPS) is 10.4. The summed E-state index contributed by atoms with van der Waals surface area (Å²) >= 11 is 0. The molecule has 0 radical (unpaired) electrons. The van der Waals surface area contributed by atoms with E-state index in [1.165, 1.54) is 0 Å². The summed E-state index contributed by atoms with van der Waals surface area (Å²) in [5.41, 5.74) is 2.72. The standard InChI is InChI=1S/C23H19N7O/c1-16(2)30-15-27-29-22(30)20-10-6-9-19(28-20)21-18(24-13-14-25-21)11-12-26-23(31)17-7-4-3-5-8-17/h3-10,13-16H,1-2H3,(H,26,31). The Bertz CT molecular complexity index is 1270. The molecule has 152 valence electrons. The van der Waals surface area contributed by atoms with Crippen LogP contribution in [0.4, 0.5) is 0 Å². The minimum absolute atomic E-state index is 0.196. The zero-order chi connectivity index (χ0) is 21.6. The third-order valence-corrected chi connectivity index (χ3v) is 4.44. The number of carbonyl (C=O) groups is 1. The van der Waals surface area contributed by atoms with Gasteiger partial charge in [-0.3, -0.25) is 15.1 Å². The molecule has 0 saturated carbocycles. The molecule has 4 aromatic rings. The summed E-state index contributed by atoms with van der Waals surface area (Å²) in [4.78, 5) is 25.6. The molecule has 0 fully saturated rings. The fourth-order valence-corrected chi connectivity index (χ4v) is 2.92. The van der Waals surface area contributed by atoms with Gasteiger partial charge in [0.1, 0.15) is 23.4 Å². The van der Waals surface area contributed by atoms with Gasteiger partial charge in [0, 0.05) is 30.0 Å². The zero-order valence-corrected chi connectivity index (χ0v) is 17.0. The summed E-state index contributed by atoms with van der Waals surface area (Å²) in [7, 11) is 0. The summed E-state index contributed by atoms with van der Waals surface area (Å²) in [6.07, 6.45) is 4.81. The Labute approximate surface area is 179 Å². The van der Waals surface area contributed by atoms with Crippen LogP contribution in [0, 0.1) is 12.0 Å². The highest BCUT2D eigenvalue weighted by molar-refractivity contribution is 5.95. The number of hydrogen-bond acceptors (Lipinski definition) is 6. The van der Waals surface area contributed by atoms with Gasteiger partial charge in [0.25, 0.3) is 5.91 Å². The average molecular weight is 409 g/mol. The number of pyridine rings is 1. The highest BCUT2D eigenvalue weighted by atomic mass is 16.1. The highest BCUT2D eigenvalue weighted by Crippen LogP contribution is 2.23. The summed E-state index contributed by atoms with van der Waals surface area (Å²) in [6.45, 7) is 4.10. The number of nitrogens with one attached hydrogen (secondary N) is 1. The van der Waals surface area contributed by atoms with E-state index in [0.717, 1.165) is 0 Å². The second kappa shape index (κ2) is 8.97. The van der Waals surface area contributed by atoms with Gasteiger partial charge in [-0.2, -0.15) is 0 Å². The average Bonchev–Trinajstić information content (AvgIpc) is 3.30. The molecule has 1 aromatic carbocycles. The lowest BCUT2D eigenvalue weighted by atomic mass is 10.2. The Kier molecular flexibility index (Phi) is 5.76. The number of aromatic nitrogens is 6. The molecule has 8 heteroatoms. The largest absolute Gasteiger partial charge is 0.310 e. The van der Waals surface area contributed by atoms with Crippen LogP contribution in [0.1, 0.15) is 35.9 Å². The monoisotopic (exact) mass is 409 g/mol. The Morgan fingerprint density at radius 3 is 2.58 bits per heavy atom. The molecule has 0 spiro atoms. The molecule has 0 unspecified atom stereocenters. The molecule has 0 aliphatic rings. The summed E-state index contributed by atoms with van der Waals surface area (Å²) in [5, 5.41) is 10.8. The maximum atomic E-state index is 12.2. The Hall–Kier alpha value is -4.38. The number of carbonyl (C=O) groups excluding carboxylic acids is 1. The maximum Gasteiger partial charge on any atom is 0.262 e. The molecule has 3 aromatic heterocycles. The number of rotatable bonds is 4. The fourth-order valence-electron chi connectivity index (χ4n) is 2.92. The third kappa shape index (κ3) is 4.46. The van der Waals surface area contributed by atoms with E-state index < -0.39 is 0 Å². The van der Waals surface area contributed by atoms with Gasteiger partial charge in [-0.25, -0.2) is 9.97 Å². The molecule has 4 rings (SSSR count). The number of amides is 1. The highest BCUT2D eigenvalue weighted by Gasteiger charge is 2.14. The number of benzene rings is 1. The van der Waals surface area contributed by atoms with E-state index in [4.69, 9.17) is 4.98 Å². The van der Waals surface area contributed by atoms with Gasteiger partial charge in [0.05, 0.1) is 5.69 Å². The van der Waals surface area contributed by atoms with Gasteiger partial charge >= 0.3 is 0 Å². The van der Waals surface area contributed by atoms with E-state index >= 15 is 0 Å². The predicted molar refractivity (Wildman–Crippen MR) is 115 cm³/mol. The van der Waals surface area contributed by atoms with Gasteiger partial charge in [0.2, 0.25) is 0 Å². The van der Waals surface area contributed by atoms with Crippen molar-refractivity contribution >= 4 is 5.91 Å². The van der Waals surface area contributed by atoms with Crippen molar-refractivity contribution in [1.29, 1.82) is 0 Å². The lowest BCUT2D eigenvalue weighted by Crippen LogP contribution is -2.17. The first-order chi connectivity index (χ1) is 15.1. The summed E-state index contributed by atoms with van der Waals surface area (Å²) in [6, 6.07) is 17.3. The minimum Gasteiger partial charge on any atom is -0.310 e. The second-order valence-electron chi connectivity index (χ2n) is 6.89. The molecule has 0 saturated heterocycles. The van der Waals surface area contributed by atoms with Gasteiger partial charge in [0.15, 0.2) is 5.82 Å². The maximum absolute atomic E-state index is 12.2. The van der Waals surface area contributed by atoms with Crippen LogP contribution >= 0.6 is 0 Å². The molecule has 3 heterocycles. The second-order valence-corrected chi connectivity index (χ2v) is 6.89. The van der Waals surface area contributed by atoms with Gasteiger partial charge in [-0.1, -0.05) is 24.3 Å². The van der Waals surface area contributed by atoms with Crippen LogP contribution in [-0.4, -0.2) is 35.6 Å². The molecular formula is C23H19N7O. The molecule has 8 nitrogen and oxygen atoms in total. The van der Waals surface area contributed by atoms with E-state index in [-0.39, 0.29) is 11.9 Å². The van der Waals surface area contributed by atoms with Crippen molar-refractivity contribution in [2.24, 2.45) is 0 Å². The van der Waals surface area contributed by atoms with Crippen LogP contribution in [0.2, 0.25) is 0 Å². The Morgan fingerprint density at radius 2 is 1.77 bits per heavy atom. The first kappa shape index (κ1) is 19.9. The zero-order valence-electron chi connectivity index (χ0n) is 17.0. The number of nitrogens with zero attached hydrogens (tertiary/aromatic N) is 6. The van der Waals surface area contributed by atoms with Crippen molar-refractivity contribution in [3.63, 3.8) is 0 Å². The quantitative estimate of drug-likeness (QED) is 0.411. The molecular weight excluding hydrogens is 390 g/mol. The SMILES string of the molecule is CC(C)n1cnnc1-c1cccc(-c2nccnc2C#CNC(=O)c2ccccc2)n1. The molecule has 0 bridgehead atoms. The van der Waals surface area contributed by atoms with Gasteiger partial charge in [-0.15, -0.1) is 10.2 Å².